The highest BCUT2D eigenvalue weighted by Crippen LogP contribution is 2.12. The molecule has 0 aromatic heterocycles. The van der Waals surface area contributed by atoms with Gasteiger partial charge in [-0.2, -0.15) is 0 Å². The predicted molar refractivity (Wildman–Crippen MR) is 54.7 cm³/mol. The first-order chi connectivity index (χ1) is 6.76. The Morgan fingerprint density at radius 2 is 2.07 bits per heavy atom. The fraction of sp³-hybridized carbons (Fsp3) is 0.300. The van der Waals surface area contributed by atoms with Crippen molar-refractivity contribution in [2.45, 2.75) is 13.3 Å². The van der Waals surface area contributed by atoms with Gasteiger partial charge in [0.25, 0.3) is 0 Å². The minimum Gasteiger partial charge on any atom is -0.486 e. The lowest BCUT2D eigenvalue weighted by Gasteiger charge is -2.05. The van der Waals surface area contributed by atoms with Crippen LogP contribution in [0, 0.1) is 0 Å². The Balaban J connectivity index is 2.52. The second-order valence-corrected chi connectivity index (χ2v) is 2.88. The van der Waals surface area contributed by atoms with Crippen LogP contribution in [0.25, 0.3) is 0 Å². The monoisotopic (exact) mass is 194 g/mol. The molecule has 0 aliphatic carbocycles. The van der Waals surface area contributed by atoms with Crippen LogP contribution in [0.3, 0.4) is 0 Å². The summed E-state index contributed by atoms with van der Waals surface area (Å²) < 4.78 is 5.24. The third kappa shape index (κ3) is 2.97. The van der Waals surface area contributed by atoms with Crippen LogP contribution in [0.15, 0.2) is 29.4 Å². The van der Waals surface area contributed by atoms with Crippen molar-refractivity contribution in [2.24, 2.45) is 10.9 Å². The molecule has 14 heavy (non-hydrogen) atoms. The molecule has 3 N–H and O–H groups in total. The summed E-state index contributed by atoms with van der Waals surface area (Å²) in [6.45, 7) is 2.19. The minimum atomic E-state index is 0.0598. The largest absolute Gasteiger partial charge is 0.486 e. The number of hydrogen-bond donors (Lipinski definition) is 2. The van der Waals surface area contributed by atoms with Crippen LogP contribution < -0.4 is 10.5 Å². The van der Waals surface area contributed by atoms with Gasteiger partial charge in [-0.15, -0.1) is 0 Å². The third-order valence-electron chi connectivity index (χ3n) is 1.85. The molecular weight excluding hydrogens is 180 g/mol. The highest BCUT2D eigenvalue weighted by atomic mass is 16.5. The van der Waals surface area contributed by atoms with Gasteiger partial charge >= 0.3 is 0 Å². The number of nitrogens with two attached hydrogens (primary N) is 1. The second-order valence-electron chi connectivity index (χ2n) is 2.88. The molecule has 0 bridgehead atoms. The Morgan fingerprint density at radius 1 is 1.43 bits per heavy atom. The van der Waals surface area contributed by atoms with Crippen LogP contribution in [0.4, 0.5) is 0 Å². The van der Waals surface area contributed by atoms with Crippen molar-refractivity contribution in [2.75, 3.05) is 6.61 Å². The number of oxime groups is 1. The zero-order chi connectivity index (χ0) is 10.4. The summed E-state index contributed by atoms with van der Waals surface area (Å²) in [4.78, 5) is 0. The average Bonchev–Trinajstić information content (AvgIpc) is 2.26. The Bertz CT molecular complexity index is 306. The maximum Gasteiger partial charge on any atom is 0.177 e. The molecule has 0 aliphatic heterocycles. The number of amidine groups is 1. The first kappa shape index (κ1) is 10.4. The minimum absolute atomic E-state index is 0.0598. The van der Waals surface area contributed by atoms with Crippen molar-refractivity contribution >= 4 is 5.84 Å². The number of aryl methyl sites for hydroxylation is 1. The van der Waals surface area contributed by atoms with E-state index in [1.54, 1.807) is 0 Å². The molecule has 0 atom stereocenters. The van der Waals surface area contributed by atoms with E-state index in [9.17, 15) is 0 Å². The van der Waals surface area contributed by atoms with Gasteiger partial charge in [0.05, 0.1) is 0 Å². The smallest absolute Gasteiger partial charge is 0.177 e. The maximum atomic E-state index is 8.28. The van der Waals surface area contributed by atoms with Gasteiger partial charge in [0.15, 0.2) is 5.84 Å². The van der Waals surface area contributed by atoms with E-state index in [2.05, 4.69) is 12.1 Å². The van der Waals surface area contributed by atoms with Crippen LogP contribution in [0.1, 0.15) is 12.5 Å². The van der Waals surface area contributed by atoms with Crippen molar-refractivity contribution in [1.29, 1.82) is 0 Å². The van der Waals surface area contributed by atoms with Crippen LogP contribution >= 0.6 is 0 Å². The summed E-state index contributed by atoms with van der Waals surface area (Å²) in [5.74, 6) is 0.776. The summed E-state index contributed by atoms with van der Waals surface area (Å²) in [7, 11) is 0. The highest BCUT2D eigenvalue weighted by Gasteiger charge is 1.96. The van der Waals surface area contributed by atoms with Crippen LogP contribution in [0.2, 0.25) is 0 Å². The van der Waals surface area contributed by atoms with Crippen molar-refractivity contribution in [3.63, 3.8) is 0 Å². The first-order valence-electron chi connectivity index (χ1n) is 4.44. The Labute approximate surface area is 83.0 Å². The fourth-order valence-electron chi connectivity index (χ4n) is 1.01. The number of benzene rings is 1. The molecule has 0 aliphatic rings. The molecule has 4 nitrogen and oxygen atoms in total. The first-order valence-corrected chi connectivity index (χ1v) is 4.44. The van der Waals surface area contributed by atoms with Crippen LogP contribution in [-0.4, -0.2) is 17.6 Å². The molecular formula is C10H14N2O2. The number of ether oxygens (including phenoxy) is 1. The van der Waals surface area contributed by atoms with E-state index < -0.39 is 0 Å². The molecule has 0 saturated heterocycles. The van der Waals surface area contributed by atoms with Gasteiger partial charge in [-0.3, -0.25) is 0 Å². The van der Waals surface area contributed by atoms with Crippen molar-refractivity contribution < 1.29 is 9.94 Å². The lowest BCUT2D eigenvalue weighted by Crippen LogP contribution is -2.20. The number of hydrogen-bond acceptors (Lipinski definition) is 3. The molecule has 1 rings (SSSR count). The fourth-order valence-corrected chi connectivity index (χ4v) is 1.01. The SMILES string of the molecule is CCc1ccc(OC/C(N)=N/O)cc1. The van der Waals surface area contributed by atoms with Crippen molar-refractivity contribution in [3.05, 3.63) is 29.8 Å². The lowest BCUT2D eigenvalue weighted by molar-refractivity contribution is 0.306. The summed E-state index contributed by atoms with van der Waals surface area (Å²) in [5.41, 5.74) is 6.50. The van der Waals surface area contributed by atoms with Gasteiger partial charge < -0.3 is 15.7 Å². The molecule has 4 heteroatoms. The lowest BCUT2D eigenvalue weighted by atomic mass is 10.2. The van der Waals surface area contributed by atoms with E-state index in [0.29, 0.717) is 5.75 Å². The summed E-state index contributed by atoms with van der Waals surface area (Å²) in [6.07, 6.45) is 1.00. The Kier molecular flexibility index (Phi) is 3.79. The maximum absolute atomic E-state index is 8.28. The predicted octanol–water partition coefficient (Wildman–Crippen LogP) is 1.37. The second kappa shape index (κ2) is 5.11. The summed E-state index contributed by atoms with van der Waals surface area (Å²) >= 11 is 0. The van der Waals surface area contributed by atoms with Crippen molar-refractivity contribution in [3.8, 4) is 5.75 Å². The Hall–Kier alpha value is -1.71. The average molecular weight is 194 g/mol. The van der Waals surface area contributed by atoms with E-state index in [4.69, 9.17) is 15.7 Å². The standard InChI is InChI=1S/C10H14N2O2/c1-2-8-3-5-9(6-4-8)14-7-10(11)12-13/h3-6,13H,2,7H2,1H3,(H2,11,12). The molecule has 0 fully saturated rings. The molecule has 0 radical (unpaired) electrons. The van der Waals surface area contributed by atoms with E-state index in [0.717, 1.165) is 6.42 Å². The van der Waals surface area contributed by atoms with Crippen LogP contribution in [0.5, 0.6) is 5.75 Å². The van der Waals surface area contributed by atoms with Gasteiger partial charge in [-0.1, -0.05) is 24.2 Å². The zero-order valence-corrected chi connectivity index (χ0v) is 8.10. The number of rotatable bonds is 4. The van der Waals surface area contributed by atoms with Gasteiger partial charge in [-0.05, 0) is 24.1 Å². The quantitative estimate of drug-likeness (QED) is 0.329. The van der Waals surface area contributed by atoms with Gasteiger partial charge in [0.2, 0.25) is 0 Å². The van der Waals surface area contributed by atoms with Gasteiger partial charge in [0, 0.05) is 0 Å². The topological polar surface area (TPSA) is 67.8 Å². The van der Waals surface area contributed by atoms with Gasteiger partial charge in [0.1, 0.15) is 12.4 Å². The Morgan fingerprint density at radius 3 is 2.57 bits per heavy atom. The highest BCUT2D eigenvalue weighted by molar-refractivity contribution is 5.81. The van der Waals surface area contributed by atoms with E-state index >= 15 is 0 Å². The molecule has 0 saturated carbocycles. The molecule has 0 unspecified atom stereocenters. The molecule has 76 valence electrons. The summed E-state index contributed by atoms with van der Waals surface area (Å²) in [6, 6.07) is 7.70. The third-order valence-corrected chi connectivity index (χ3v) is 1.85. The van der Waals surface area contributed by atoms with E-state index in [1.807, 2.05) is 24.3 Å². The zero-order valence-electron chi connectivity index (χ0n) is 8.10. The molecule has 0 amide bonds. The van der Waals surface area contributed by atoms with Crippen molar-refractivity contribution in [1.82, 2.24) is 0 Å². The van der Waals surface area contributed by atoms with E-state index in [1.165, 1.54) is 5.56 Å². The van der Waals surface area contributed by atoms with Crippen LogP contribution in [-0.2, 0) is 6.42 Å². The normalized spacial score (nSPS) is 11.4. The van der Waals surface area contributed by atoms with Gasteiger partial charge in [-0.25, -0.2) is 0 Å². The summed E-state index contributed by atoms with van der Waals surface area (Å²) in [5, 5.41) is 11.1. The van der Waals surface area contributed by atoms with E-state index in [-0.39, 0.29) is 12.4 Å². The molecule has 1 aromatic rings. The molecule has 0 spiro atoms. The molecule has 1 aromatic carbocycles. The molecule has 0 heterocycles. The number of nitrogens with zero attached hydrogens (tertiary/aromatic N) is 1.